The molecule has 10 nitrogen and oxygen atoms in total. The molecule has 10 heteroatoms. The fourth-order valence-corrected chi connectivity index (χ4v) is 7.87. The van der Waals surface area contributed by atoms with Gasteiger partial charge >= 0.3 is 17.9 Å². The number of benzene rings is 1. The van der Waals surface area contributed by atoms with Gasteiger partial charge < -0.3 is 24.4 Å². The largest absolute Gasteiger partial charge is 0.459 e. The number of rotatable bonds is 5. The van der Waals surface area contributed by atoms with Crippen LogP contribution in [0, 0.1) is 28.1 Å². The molecule has 9 atom stereocenters. The molecule has 3 fully saturated rings. The monoisotopic (exact) mass is 570 g/mol. The van der Waals surface area contributed by atoms with E-state index in [0.29, 0.717) is 0 Å². The van der Waals surface area contributed by atoms with Crippen LogP contribution in [0.25, 0.3) is 0 Å². The molecule has 0 aliphatic heterocycles. The fourth-order valence-electron chi connectivity index (χ4n) is 7.87. The van der Waals surface area contributed by atoms with E-state index in [-0.39, 0.29) is 18.4 Å². The van der Waals surface area contributed by atoms with Crippen LogP contribution in [0.3, 0.4) is 0 Å². The summed E-state index contributed by atoms with van der Waals surface area (Å²) in [6, 6.07) is 8.01. The molecular weight excluding hydrogens is 532 g/mol. The minimum atomic E-state index is -2.52. The number of hydrogen-bond donors (Lipinski definition) is 2. The Labute approximate surface area is 239 Å². The number of ether oxygens (including phenoxy) is 3. The normalized spacial score (nSPS) is 39.5. The van der Waals surface area contributed by atoms with Gasteiger partial charge in [0.25, 0.3) is 0 Å². The summed E-state index contributed by atoms with van der Waals surface area (Å²) in [5, 5.41) is 24.1. The number of esters is 3. The molecule has 41 heavy (non-hydrogen) atoms. The molecule has 4 rings (SSSR count). The first-order chi connectivity index (χ1) is 19.0. The number of aliphatic hydroxyl groups is 2. The summed E-state index contributed by atoms with van der Waals surface area (Å²) in [4.78, 5) is 66.0. The molecule has 0 heterocycles. The molecule has 0 bridgehead atoms. The molecule has 222 valence electrons. The molecule has 1 aromatic rings. The van der Waals surface area contributed by atoms with Crippen LogP contribution in [0.2, 0.25) is 0 Å². The van der Waals surface area contributed by atoms with Crippen molar-refractivity contribution in [1.29, 1.82) is 0 Å². The lowest BCUT2D eigenvalue weighted by atomic mass is 9.39. The van der Waals surface area contributed by atoms with E-state index in [1.54, 1.807) is 39.0 Å². The van der Waals surface area contributed by atoms with E-state index in [0.717, 1.165) is 6.92 Å². The molecule has 1 aromatic carbocycles. The number of aliphatic hydroxyl groups excluding tert-OH is 1. The lowest BCUT2D eigenvalue weighted by molar-refractivity contribution is -0.292. The third-order valence-corrected chi connectivity index (χ3v) is 9.66. The Morgan fingerprint density at radius 1 is 0.951 bits per heavy atom. The highest BCUT2D eigenvalue weighted by atomic mass is 16.6. The lowest BCUT2D eigenvalue weighted by Gasteiger charge is -2.67. The van der Waals surface area contributed by atoms with Gasteiger partial charge in [-0.2, -0.15) is 0 Å². The zero-order valence-corrected chi connectivity index (χ0v) is 24.2. The van der Waals surface area contributed by atoms with Gasteiger partial charge in [0, 0.05) is 31.1 Å². The molecule has 2 N–H and O–H groups in total. The third kappa shape index (κ3) is 4.52. The van der Waals surface area contributed by atoms with Crippen LogP contribution in [0.5, 0.6) is 0 Å². The Bertz CT molecular complexity index is 1290. The first kappa shape index (κ1) is 30.6. The number of allylic oxidation sites excluding steroid dienone is 1. The van der Waals surface area contributed by atoms with Gasteiger partial charge in [0.1, 0.15) is 30.2 Å². The summed E-state index contributed by atoms with van der Waals surface area (Å²) in [7, 11) is 0. The highest BCUT2D eigenvalue weighted by molar-refractivity contribution is 6.06. The second kappa shape index (κ2) is 10.2. The summed E-state index contributed by atoms with van der Waals surface area (Å²) >= 11 is 0. The molecule has 0 amide bonds. The highest BCUT2D eigenvalue weighted by Gasteiger charge is 2.78. The number of Topliss-reactive ketones (excluding diaryl/α,β-unsaturated/α-hetero) is 2. The van der Waals surface area contributed by atoms with Crippen LogP contribution in [-0.2, 0) is 33.4 Å². The van der Waals surface area contributed by atoms with Crippen LogP contribution in [0.1, 0.15) is 64.7 Å². The van der Waals surface area contributed by atoms with Crippen LogP contribution < -0.4 is 0 Å². The van der Waals surface area contributed by atoms with E-state index in [1.165, 1.54) is 32.1 Å². The summed E-state index contributed by atoms with van der Waals surface area (Å²) < 4.78 is 17.1. The van der Waals surface area contributed by atoms with Crippen molar-refractivity contribution in [3.63, 3.8) is 0 Å². The minimum absolute atomic E-state index is 0.147. The van der Waals surface area contributed by atoms with Crippen LogP contribution in [0.4, 0.5) is 0 Å². The SMILES string of the molecule is C=C[C@@]1(C)CC(=O)[C@H]2[C@](O)(C1=O)[C@H](OC(C)=O)C[C@H]1C(C)(C)[C@H](OC(C)=O)[C@H](O)[C@H](OC(=O)c3ccccc3)[C@@]12C. The Morgan fingerprint density at radius 3 is 2.07 bits per heavy atom. The Morgan fingerprint density at radius 2 is 1.54 bits per heavy atom. The zero-order chi connectivity index (χ0) is 30.7. The predicted molar refractivity (Wildman–Crippen MR) is 144 cm³/mol. The number of carbonyl (C=O) groups is 5. The van der Waals surface area contributed by atoms with Crippen molar-refractivity contribution in [2.45, 2.75) is 84.4 Å². The first-order valence-corrected chi connectivity index (χ1v) is 13.7. The van der Waals surface area contributed by atoms with Crippen LogP contribution in [-0.4, -0.2) is 69.7 Å². The Kier molecular flexibility index (Phi) is 7.58. The quantitative estimate of drug-likeness (QED) is 0.307. The average Bonchev–Trinajstić information content (AvgIpc) is 2.89. The van der Waals surface area contributed by atoms with Crippen molar-refractivity contribution < 1.29 is 48.4 Å². The number of hydrogen-bond acceptors (Lipinski definition) is 10. The molecule has 3 saturated carbocycles. The van der Waals surface area contributed by atoms with Crippen LogP contribution >= 0.6 is 0 Å². The van der Waals surface area contributed by atoms with Gasteiger partial charge in [0.2, 0.25) is 0 Å². The second-order valence-corrected chi connectivity index (χ2v) is 12.6. The maximum absolute atomic E-state index is 14.1. The van der Waals surface area contributed by atoms with E-state index in [1.807, 2.05) is 0 Å². The van der Waals surface area contributed by atoms with Gasteiger partial charge in [-0.15, -0.1) is 6.58 Å². The molecular formula is C31H38O10. The summed E-state index contributed by atoms with van der Waals surface area (Å²) in [6.45, 7) is 12.5. The molecule has 0 saturated heterocycles. The smallest absolute Gasteiger partial charge is 0.338 e. The van der Waals surface area contributed by atoms with Gasteiger partial charge in [0.15, 0.2) is 11.4 Å². The summed E-state index contributed by atoms with van der Waals surface area (Å²) in [5.41, 5.74) is -6.47. The van der Waals surface area contributed by atoms with Gasteiger partial charge in [-0.05, 0) is 31.4 Å². The van der Waals surface area contributed by atoms with Gasteiger partial charge in [-0.1, -0.05) is 45.0 Å². The molecule has 3 aliphatic carbocycles. The van der Waals surface area contributed by atoms with E-state index in [9.17, 15) is 34.2 Å². The van der Waals surface area contributed by atoms with E-state index in [4.69, 9.17) is 14.2 Å². The Hall–Kier alpha value is -3.37. The fraction of sp³-hybridized carbons (Fsp3) is 0.581. The number of carbonyl (C=O) groups excluding carboxylic acids is 5. The van der Waals surface area contributed by atoms with Crippen molar-refractivity contribution in [1.82, 2.24) is 0 Å². The van der Waals surface area contributed by atoms with Gasteiger partial charge in [0.05, 0.1) is 16.9 Å². The minimum Gasteiger partial charge on any atom is -0.459 e. The number of ketones is 2. The molecule has 0 aromatic heterocycles. The maximum Gasteiger partial charge on any atom is 0.338 e. The second-order valence-electron chi connectivity index (χ2n) is 12.6. The van der Waals surface area contributed by atoms with Crippen molar-refractivity contribution in [3.05, 3.63) is 48.6 Å². The van der Waals surface area contributed by atoms with E-state index in [2.05, 4.69) is 6.58 Å². The predicted octanol–water partition coefficient (Wildman–Crippen LogP) is 2.58. The number of fused-ring (bicyclic) bond motifs is 3. The van der Waals surface area contributed by atoms with Crippen LogP contribution in [0.15, 0.2) is 43.0 Å². The summed E-state index contributed by atoms with van der Waals surface area (Å²) in [6.07, 6.45) is -4.94. The zero-order valence-electron chi connectivity index (χ0n) is 24.2. The summed E-state index contributed by atoms with van der Waals surface area (Å²) in [5.74, 6) is -5.85. The van der Waals surface area contributed by atoms with Crippen molar-refractivity contribution in [3.8, 4) is 0 Å². The van der Waals surface area contributed by atoms with E-state index < -0.39 is 87.6 Å². The lowest BCUT2D eigenvalue weighted by Crippen LogP contribution is -2.80. The topological polar surface area (TPSA) is 154 Å². The molecule has 0 spiro atoms. The molecule has 0 radical (unpaired) electrons. The van der Waals surface area contributed by atoms with Gasteiger partial charge in [-0.3, -0.25) is 19.2 Å². The van der Waals surface area contributed by atoms with Gasteiger partial charge in [-0.25, -0.2) is 4.79 Å². The molecule has 3 aliphatic rings. The van der Waals surface area contributed by atoms with E-state index >= 15 is 0 Å². The van der Waals surface area contributed by atoms with Crippen molar-refractivity contribution in [2.75, 3.05) is 0 Å². The Balaban J connectivity index is 1.97. The molecule has 0 unspecified atom stereocenters. The van der Waals surface area contributed by atoms with Crippen molar-refractivity contribution >= 4 is 29.5 Å². The maximum atomic E-state index is 14.1. The average molecular weight is 571 g/mol. The standard InChI is InChI=1S/C31H38O10/c1-8-29(6)15-19(34)23-30(7)20(14-21(39-16(2)32)31(23,38)27(29)37)28(4,5)24(40-17(3)33)22(35)25(30)41-26(36)18-12-10-9-11-13-18/h8-13,20-25,35,38H,1,14-15H2,2-7H3/t20-,21+,22-,23+,24+,25-,29-,30-,31-/m0/s1. The van der Waals surface area contributed by atoms with Crippen molar-refractivity contribution in [2.24, 2.45) is 28.1 Å². The third-order valence-electron chi connectivity index (χ3n) is 9.66. The first-order valence-electron chi connectivity index (χ1n) is 13.7. The highest BCUT2D eigenvalue weighted by Crippen LogP contribution is 2.66.